The summed E-state index contributed by atoms with van der Waals surface area (Å²) in [6.07, 6.45) is 0. The highest BCUT2D eigenvalue weighted by atomic mass is 32.1. The Balaban J connectivity index is 1.36. The molecule has 10 rings (SSSR count). The maximum atomic E-state index is 5.55. The molecular weight excluding hydrogens is 567 g/mol. The van der Waals surface area contributed by atoms with Gasteiger partial charge < -0.3 is 0 Å². The van der Waals surface area contributed by atoms with Crippen LogP contribution in [0.25, 0.3) is 81.2 Å². The standard InChI is InChI=1S/C41H27N3S/c1-41(2)31-18-8-5-15-27(31)36-29(17-11-19-32(36)41)38-39-37(28-16-7-10-21-35(28)45-39)42-40(43-38)44-33-20-9-6-14-26(33)30-22-24-12-3-4-13-25(24)23-34(30)44/h3-23H,1-2H3. The first-order valence-corrected chi connectivity index (χ1v) is 16.2. The smallest absolute Gasteiger partial charge is 0.235 e. The van der Waals surface area contributed by atoms with Gasteiger partial charge in [0, 0.05) is 31.8 Å². The SMILES string of the molecule is CC1(C)c2ccccc2-c2c(-c3nc(-n4c5ccccc5c5cc6ccccc6cc54)nc4c3sc3ccccc34)cccc21. The molecule has 0 bridgehead atoms. The first kappa shape index (κ1) is 25.1. The maximum Gasteiger partial charge on any atom is 0.235 e. The van der Waals surface area contributed by atoms with Crippen molar-refractivity contribution in [3.63, 3.8) is 0 Å². The van der Waals surface area contributed by atoms with Gasteiger partial charge in [0.2, 0.25) is 5.95 Å². The van der Waals surface area contributed by atoms with Crippen molar-refractivity contribution in [1.29, 1.82) is 0 Å². The molecule has 0 unspecified atom stereocenters. The third kappa shape index (κ3) is 3.35. The zero-order valence-corrected chi connectivity index (χ0v) is 25.7. The number of aromatic nitrogens is 3. The Bertz CT molecular complexity index is 2690. The van der Waals surface area contributed by atoms with E-state index in [1.807, 2.05) is 0 Å². The predicted octanol–water partition coefficient (Wildman–Crippen LogP) is 11.1. The van der Waals surface area contributed by atoms with Crippen molar-refractivity contribution < 1.29 is 0 Å². The lowest BCUT2D eigenvalue weighted by atomic mass is 9.82. The molecule has 212 valence electrons. The second kappa shape index (κ2) is 8.87. The van der Waals surface area contributed by atoms with Crippen LogP contribution in [0.3, 0.4) is 0 Å². The van der Waals surface area contributed by atoms with Gasteiger partial charge in [-0.1, -0.05) is 117 Å². The van der Waals surface area contributed by atoms with Gasteiger partial charge >= 0.3 is 0 Å². The van der Waals surface area contributed by atoms with Crippen molar-refractivity contribution in [1.82, 2.24) is 14.5 Å². The summed E-state index contributed by atoms with van der Waals surface area (Å²) in [6, 6.07) is 46.1. The number of fused-ring (bicyclic) bond motifs is 10. The Morgan fingerprint density at radius 3 is 2.16 bits per heavy atom. The molecule has 4 heteroatoms. The third-order valence-electron chi connectivity index (χ3n) is 9.81. The van der Waals surface area contributed by atoms with E-state index < -0.39 is 0 Å². The molecule has 0 radical (unpaired) electrons. The predicted molar refractivity (Wildman–Crippen MR) is 190 cm³/mol. The van der Waals surface area contributed by atoms with Crippen LogP contribution >= 0.6 is 11.3 Å². The van der Waals surface area contributed by atoms with Crippen molar-refractivity contribution in [3.05, 3.63) is 139 Å². The lowest BCUT2D eigenvalue weighted by Gasteiger charge is -2.21. The number of benzene rings is 6. The van der Waals surface area contributed by atoms with Gasteiger partial charge in [-0.25, -0.2) is 9.97 Å². The fourth-order valence-corrected chi connectivity index (χ4v) is 8.83. The van der Waals surface area contributed by atoms with Gasteiger partial charge in [0.15, 0.2) is 0 Å². The average molecular weight is 594 g/mol. The first-order chi connectivity index (χ1) is 22.1. The number of nitrogens with zero attached hydrogens (tertiary/aromatic N) is 3. The van der Waals surface area contributed by atoms with Crippen molar-refractivity contribution in [2.24, 2.45) is 0 Å². The van der Waals surface area contributed by atoms with E-state index in [-0.39, 0.29) is 5.41 Å². The molecule has 0 amide bonds. The fourth-order valence-electron chi connectivity index (χ4n) is 7.68. The largest absolute Gasteiger partial charge is 0.278 e. The lowest BCUT2D eigenvalue weighted by Crippen LogP contribution is -2.14. The summed E-state index contributed by atoms with van der Waals surface area (Å²) in [5, 5.41) is 6.02. The van der Waals surface area contributed by atoms with E-state index >= 15 is 0 Å². The normalized spacial score (nSPS) is 13.7. The fraction of sp³-hybridized carbons (Fsp3) is 0.0732. The molecule has 0 saturated heterocycles. The van der Waals surface area contributed by atoms with Crippen molar-refractivity contribution in [2.75, 3.05) is 0 Å². The minimum atomic E-state index is -0.0923. The summed E-state index contributed by atoms with van der Waals surface area (Å²) in [5.41, 5.74) is 10.6. The van der Waals surface area contributed by atoms with Crippen LogP contribution in [0.1, 0.15) is 25.0 Å². The molecule has 3 aromatic heterocycles. The Labute approximate surface area is 264 Å². The molecule has 0 aliphatic heterocycles. The summed E-state index contributed by atoms with van der Waals surface area (Å²) in [6.45, 7) is 4.68. The van der Waals surface area contributed by atoms with Crippen LogP contribution in [0.5, 0.6) is 0 Å². The van der Waals surface area contributed by atoms with Crippen LogP contribution in [0.2, 0.25) is 0 Å². The number of para-hydroxylation sites is 1. The molecule has 0 saturated carbocycles. The van der Waals surface area contributed by atoms with Gasteiger partial charge in [0.1, 0.15) is 0 Å². The highest BCUT2D eigenvalue weighted by Crippen LogP contribution is 2.53. The molecule has 0 fully saturated rings. The maximum absolute atomic E-state index is 5.55. The van der Waals surface area contributed by atoms with Gasteiger partial charge in [-0.05, 0) is 57.3 Å². The number of hydrogen-bond acceptors (Lipinski definition) is 3. The summed E-state index contributed by atoms with van der Waals surface area (Å²) in [4.78, 5) is 11.0. The van der Waals surface area contributed by atoms with Crippen LogP contribution in [-0.2, 0) is 5.41 Å². The Morgan fingerprint density at radius 2 is 1.27 bits per heavy atom. The second-order valence-corrected chi connectivity index (χ2v) is 13.7. The van der Waals surface area contributed by atoms with Crippen molar-refractivity contribution >= 4 is 64.2 Å². The van der Waals surface area contributed by atoms with Gasteiger partial charge in [0.05, 0.1) is 26.9 Å². The van der Waals surface area contributed by atoms with Crippen LogP contribution in [0.15, 0.2) is 127 Å². The highest BCUT2D eigenvalue weighted by molar-refractivity contribution is 7.26. The summed E-state index contributed by atoms with van der Waals surface area (Å²) >= 11 is 1.79. The van der Waals surface area contributed by atoms with Crippen LogP contribution in [0, 0.1) is 0 Å². The molecule has 9 aromatic rings. The van der Waals surface area contributed by atoms with Crippen LogP contribution in [-0.4, -0.2) is 14.5 Å². The van der Waals surface area contributed by atoms with Crippen molar-refractivity contribution in [2.45, 2.75) is 19.3 Å². The molecule has 3 heterocycles. The molecule has 1 aliphatic rings. The average Bonchev–Trinajstić information content (AvgIpc) is 3.69. The van der Waals surface area contributed by atoms with Gasteiger partial charge in [-0.3, -0.25) is 4.57 Å². The molecule has 6 aromatic carbocycles. The molecule has 1 aliphatic carbocycles. The monoisotopic (exact) mass is 593 g/mol. The molecule has 45 heavy (non-hydrogen) atoms. The van der Waals surface area contributed by atoms with Crippen LogP contribution < -0.4 is 0 Å². The minimum absolute atomic E-state index is 0.0923. The van der Waals surface area contributed by atoms with E-state index in [0.717, 1.165) is 32.5 Å². The highest BCUT2D eigenvalue weighted by Gasteiger charge is 2.37. The first-order valence-electron chi connectivity index (χ1n) is 15.4. The molecule has 3 nitrogen and oxygen atoms in total. The van der Waals surface area contributed by atoms with Crippen molar-refractivity contribution in [3.8, 4) is 28.3 Å². The number of thiophene rings is 1. The van der Waals surface area contributed by atoms with Gasteiger partial charge in [0.25, 0.3) is 0 Å². The molecule has 0 spiro atoms. The minimum Gasteiger partial charge on any atom is -0.278 e. The summed E-state index contributed by atoms with van der Waals surface area (Å²) in [7, 11) is 0. The van der Waals surface area contributed by atoms with E-state index in [0.29, 0.717) is 5.95 Å². The summed E-state index contributed by atoms with van der Waals surface area (Å²) < 4.78 is 4.62. The van der Waals surface area contributed by atoms with Gasteiger partial charge in [-0.15, -0.1) is 11.3 Å². The Kier molecular flexibility index (Phi) is 4.94. The third-order valence-corrected chi connectivity index (χ3v) is 11.0. The zero-order valence-electron chi connectivity index (χ0n) is 24.9. The number of hydrogen-bond donors (Lipinski definition) is 0. The van der Waals surface area contributed by atoms with E-state index in [4.69, 9.17) is 9.97 Å². The van der Waals surface area contributed by atoms with E-state index in [1.54, 1.807) is 11.3 Å². The molecule has 0 atom stereocenters. The van der Waals surface area contributed by atoms with E-state index in [2.05, 4.69) is 146 Å². The molecule has 0 N–H and O–H groups in total. The zero-order chi connectivity index (χ0) is 29.9. The lowest BCUT2D eigenvalue weighted by molar-refractivity contribution is 0.660. The Hall–Kier alpha value is -5.32. The molecular formula is C41H27N3S. The van der Waals surface area contributed by atoms with Gasteiger partial charge in [-0.2, -0.15) is 0 Å². The van der Waals surface area contributed by atoms with E-state index in [9.17, 15) is 0 Å². The summed E-state index contributed by atoms with van der Waals surface area (Å²) in [5.74, 6) is 0.700. The quantitative estimate of drug-likeness (QED) is 0.200. The Morgan fingerprint density at radius 1 is 0.578 bits per heavy atom. The topological polar surface area (TPSA) is 30.7 Å². The second-order valence-electron chi connectivity index (χ2n) is 12.6. The number of rotatable bonds is 2. The van der Waals surface area contributed by atoms with Crippen LogP contribution in [0.4, 0.5) is 0 Å². The van der Waals surface area contributed by atoms with E-state index in [1.165, 1.54) is 53.9 Å².